The van der Waals surface area contributed by atoms with Gasteiger partial charge in [0, 0.05) is 0 Å². The van der Waals surface area contributed by atoms with Crippen LogP contribution in [0.15, 0.2) is 21.6 Å². The Labute approximate surface area is 157 Å². The minimum absolute atomic E-state index is 0.0322. The molecule has 4 nitrogen and oxygen atoms in total. The van der Waals surface area contributed by atoms with Gasteiger partial charge >= 0.3 is 11.7 Å². The minimum atomic E-state index is -5.36. The van der Waals surface area contributed by atoms with Gasteiger partial charge in [-0.2, -0.15) is 18.4 Å². The summed E-state index contributed by atoms with van der Waals surface area (Å²) in [5.41, 5.74) is -9.06. The molecule has 0 saturated carbocycles. The van der Waals surface area contributed by atoms with E-state index in [0.717, 1.165) is 6.07 Å². The lowest BCUT2D eigenvalue weighted by Gasteiger charge is -2.17. The third kappa shape index (κ3) is 5.26. The second-order valence-electron chi connectivity index (χ2n) is 4.28. The van der Waals surface area contributed by atoms with Crippen LogP contribution in [0.2, 0.25) is 5.02 Å². The maximum absolute atomic E-state index is 13.9. The molecule has 1 aromatic carbocycles. The number of alkyl halides is 6. The van der Waals surface area contributed by atoms with Crippen molar-refractivity contribution in [2.45, 2.75) is 11.7 Å². The Morgan fingerprint density at radius 2 is 1.81 bits per heavy atom. The van der Waals surface area contributed by atoms with E-state index in [4.69, 9.17) is 22.3 Å². The highest BCUT2D eigenvalue weighted by molar-refractivity contribution is 9.12. The number of hydrogen-bond donors (Lipinski definition) is 2. The highest BCUT2D eigenvalue weighted by atomic mass is 79.9. The molecular formula is C12H4BrClF7N3OS. The zero-order valence-electron chi connectivity index (χ0n) is 11.8. The van der Waals surface area contributed by atoms with Gasteiger partial charge in [0.2, 0.25) is 4.91 Å². The summed E-state index contributed by atoms with van der Waals surface area (Å²) in [6.45, 7) is 0. The van der Waals surface area contributed by atoms with Crippen molar-refractivity contribution in [2.24, 2.45) is 0 Å². The summed E-state index contributed by atoms with van der Waals surface area (Å²) in [5, 5.41) is 16.8. The van der Waals surface area contributed by atoms with Gasteiger partial charge in [-0.05, 0) is 28.1 Å². The number of halogens is 9. The first kappa shape index (κ1) is 22.6. The first-order valence-electron chi connectivity index (χ1n) is 5.90. The number of nitrogens with one attached hydrogen (secondary N) is 2. The van der Waals surface area contributed by atoms with Crippen LogP contribution < -0.4 is 5.32 Å². The van der Waals surface area contributed by atoms with Crippen molar-refractivity contribution < 1.29 is 35.3 Å². The summed E-state index contributed by atoms with van der Waals surface area (Å²) in [6.07, 6.45) is -4.93. The molecular weight excluding hydrogens is 483 g/mol. The summed E-state index contributed by atoms with van der Waals surface area (Å²) in [4.78, 5) is -1.39. The molecule has 0 spiro atoms. The fraction of sp³-hybridized carbons (Fsp3) is 0.167. The molecule has 0 aliphatic carbocycles. The maximum Gasteiger partial charge on any atom is 0.578 e. The van der Waals surface area contributed by atoms with Gasteiger partial charge < -0.3 is 9.87 Å². The SMILES string of the molecule is N#CC(=N)/C(=C(/Br)Nc1c(F)cc(C(F)(F)F)cc1Cl)[S+]([O-])C(F)(F)F. The van der Waals surface area contributed by atoms with Gasteiger partial charge in [0.1, 0.15) is 27.7 Å². The molecule has 0 saturated heterocycles. The van der Waals surface area contributed by atoms with Gasteiger partial charge in [0.05, 0.1) is 16.3 Å². The Morgan fingerprint density at radius 1 is 1.27 bits per heavy atom. The van der Waals surface area contributed by atoms with E-state index in [1.165, 1.54) is 0 Å². The summed E-state index contributed by atoms with van der Waals surface area (Å²) in [6, 6.07) is 1.37. The van der Waals surface area contributed by atoms with E-state index in [1.54, 1.807) is 0 Å². The molecule has 0 heterocycles. The molecule has 142 valence electrons. The topological polar surface area (TPSA) is 82.7 Å². The summed E-state index contributed by atoms with van der Waals surface area (Å²) >= 11 is 4.12. The number of nitrogens with zero attached hydrogens (tertiary/aromatic N) is 1. The fourth-order valence-corrected chi connectivity index (χ4v) is 3.24. The van der Waals surface area contributed by atoms with E-state index in [2.05, 4.69) is 15.9 Å². The van der Waals surface area contributed by atoms with E-state index in [-0.39, 0.29) is 6.07 Å². The molecule has 0 aromatic heterocycles. The third-order valence-electron chi connectivity index (χ3n) is 2.54. The Bertz CT molecular complexity index is 780. The van der Waals surface area contributed by atoms with Gasteiger partial charge in [0.15, 0.2) is 5.71 Å². The number of rotatable bonds is 4. The van der Waals surface area contributed by atoms with Crippen molar-refractivity contribution in [1.82, 2.24) is 0 Å². The standard InChI is InChI=1S/C12H4BrClF7N3OS/c13-10(9(7(23)3-22)26(25)12(19,20)21)24-8-5(14)1-4(2-6(8)15)11(16,17)18/h1-2,23-24H/b10-9+,23-7?. The van der Waals surface area contributed by atoms with Crippen molar-refractivity contribution in [3.05, 3.63) is 38.0 Å². The summed E-state index contributed by atoms with van der Waals surface area (Å²) in [7, 11) is 0. The molecule has 0 aliphatic heterocycles. The van der Waals surface area contributed by atoms with Crippen LogP contribution in [0.25, 0.3) is 0 Å². The van der Waals surface area contributed by atoms with E-state index < -0.39 is 60.2 Å². The molecule has 0 amide bonds. The minimum Gasteiger partial charge on any atom is -0.604 e. The molecule has 26 heavy (non-hydrogen) atoms. The molecule has 1 atom stereocenters. The Morgan fingerprint density at radius 3 is 2.19 bits per heavy atom. The van der Waals surface area contributed by atoms with Crippen molar-refractivity contribution in [2.75, 3.05) is 5.32 Å². The summed E-state index contributed by atoms with van der Waals surface area (Å²) in [5.74, 6) is -1.58. The van der Waals surface area contributed by atoms with Crippen LogP contribution in [-0.2, 0) is 17.4 Å². The van der Waals surface area contributed by atoms with E-state index in [9.17, 15) is 35.3 Å². The molecule has 0 fully saturated rings. The molecule has 1 rings (SSSR count). The average molecular weight is 487 g/mol. The van der Waals surface area contributed by atoms with Crippen molar-refractivity contribution in [3.63, 3.8) is 0 Å². The zero-order valence-corrected chi connectivity index (χ0v) is 15.0. The van der Waals surface area contributed by atoms with Gasteiger partial charge in [-0.25, -0.2) is 4.39 Å². The fourth-order valence-electron chi connectivity index (χ4n) is 1.47. The highest BCUT2D eigenvalue weighted by Crippen LogP contribution is 2.38. The van der Waals surface area contributed by atoms with E-state index >= 15 is 0 Å². The molecule has 1 unspecified atom stereocenters. The van der Waals surface area contributed by atoms with Gasteiger partial charge in [-0.3, -0.25) is 5.41 Å². The first-order chi connectivity index (χ1) is 11.7. The number of allylic oxidation sites excluding steroid dienone is 1. The van der Waals surface area contributed by atoms with Gasteiger partial charge in [-0.1, -0.05) is 11.6 Å². The summed E-state index contributed by atoms with van der Waals surface area (Å²) < 4.78 is 100.0. The predicted octanol–water partition coefficient (Wildman–Crippen LogP) is 5.29. The molecule has 0 aliphatic rings. The van der Waals surface area contributed by atoms with E-state index in [0.29, 0.717) is 6.07 Å². The van der Waals surface area contributed by atoms with Crippen LogP contribution in [-0.4, -0.2) is 15.8 Å². The quantitative estimate of drug-likeness (QED) is 0.263. The van der Waals surface area contributed by atoms with Crippen LogP contribution in [0.3, 0.4) is 0 Å². The molecule has 0 bridgehead atoms. The van der Waals surface area contributed by atoms with Crippen molar-refractivity contribution in [1.29, 1.82) is 10.7 Å². The first-order valence-corrected chi connectivity index (χ1v) is 8.22. The van der Waals surface area contributed by atoms with E-state index in [1.807, 2.05) is 5.32 Å². The number of anilines is 1. The number of benzene rings is 1. The second kappa shape index (κ2) is 8.03. The van der Waals surface area contributed by atoms with Crippen LogP contribution in [0.1, 0.15) is 5.56 Å². The normalized spacial score (nSPS) is 14.3. The van der Waals surface area contributed by atoms with Crippen molar-refractivity contribution >= 4 is 50.1 Å². The largest absolute Gasteiger partial charge is 0.604 e. The molecule has 14 heteroatoms. The molecule has 2 N–H and O–H groups in total. The Hall–Kier alpha value is -1.49. The molecule has 0 radical (unpaired) electrons. The Kier molecular flexibility index (Phi) is 6.97. The lowest BCUT2D eigenvalue weighted by molar-refractivity contribution is -0.137. The lowest BCUT2D eigenvalue weighted by Crippen LogP contribution is -2.29. The second-order valence-corrected chi connectivity index (χ2v) is 6.89. The smallest absolute Gasteiger partial charge is 0.578 e. The van der Waals surface area contributed by atoms with Crippen LogP contribution in [0.4, 0.5) is 36.4 Å². The third-order valence-corrected chi connectivity index (χ3v) is 4.89. The van der Waals surface area contributed by atoms with Gasteiger partial charge in [-0.15, -0.1) is 13.2 Å². The average Bonchev–Trinajstić information content (AvgIpc) is 2.48. The van der Waals surface area contributed by atoms with Crippen LogP contribution in [0.5, 0.6) is 0 Å². The Balaban J connectivity index is 3.45. The van der Waals surface area contributed by atoms with Crippen molar-refractivity contribution in [3.8, 4) is 6.07 Å². The number of nitriles is 1. The van der Waals surface area contributed by atoms with Gasteiger partial charge in [0.25, 0.3) is 0 Å². The predicted molar refractivity (Wildman–Crippen MR) is 83.5 cm³/mol. The maximum atomic E-state index is 13.9. The highest BCUT2D eigenvalue weighted by Gasteiger charge is 2.50. The van der Waals surface area contributed by atoms with Crippen LogP contribution >= 0.6 is 27.5 Å². The lowest BCUT2D eigenvalue weighted by atomic mass is 10.2. The molecule has 1 aromatic rings. The number of hydrogen-bond acceptors (Lipinski definition) is 4. The van der Waals surface area contributed by atoms with Crippen LogP contribution in [0, 0.1) is 22.6 Å². The monoisotopic (exact) mass is 485 g/mol. The zero-order chi connectivity index (χ0) is 20.4.